The summed E-state index contributed by atoms with van der Waals surface area (Å²) < 4.78 is 0. The number of anilines is 1. The van der Waals surface area contributed by atoms with E-state index >= 15 is 0 Å². The number of benzene rings is 1. The number of hydrogen-bond donors (Lipinski definition) is 4. The Morgan fingerprint density at radius 1 is 1.19 bits per heavy atom. The smallest absolute Gasteiger partial charge is 0.251 e. The Morgan fingerprint density at radius 2 is 1.90 bits per heavy atom. The number of hydrogen-bond acceptors (Lipinski definition) is 4. The maximum atomic E-state index is 12.0. The van der Waals surface area contributed by atoms with Crippen LogP contribution in [0.5, 0.6) is 0 Å². The molecule has 6 nitrogen and oxygen atoms in total. The van der Waals surface area contributed by atoms with Crippen LogP contribution in [0.15, 0.2) is 24.3 Å². The second-order valence-corrected chi connectivity index (χ2v) is 5.66. The van der Waals surface area contributed by atoms with Crippen LogP contribution in [0.3, 0.4) is 0 Å². The van der Waals surface area contributed by atoms with Gasteiger partial charge in [-0.1, -0.05) is 0 Å². The number of nitrogens with one attached hydrogen (secondary N) is 3. The maximum Gasteiger partial charge on any atom is 0.251 e. The maximum absolute atomic E-state index is 12.0. The van der Waals surface area contributed by atoms with E-state index in [0.717, 1.165) is 12.8 Å². The van der Waals surface area contributed by atoms with Crippen LogP contribution in [0.2, 0.25) is 0 Å². The molecule has 2 fully saturated rings. The molecule has 0 spiro atoms. The molecule has 1 aromatic carbocycles. The zero-order valence-electron chi connectivity index (χ0n) is 11.6. The number of β-amino-alcohol motifs (C(OH)–C–C–N with tert-alkyl or cyclic N) is 1. The number of amides is 2. The van der Waals surface area contributed by atoms with Crippen LogP contribution in [-0.4, -0.2) is 41.7 Å². The van der Waals surface area contributed by atoms with Crippen LogP contribution in [0, 0.1) is 0 Å². The van der Waals surface area contributed by atoms with Crippen molar-refractivity contribution in [2.45, 2.75) is 37.5 Å². The van der Waals surface area contributed by atoms with Crippen molar-refractivity contribution in [3.8, 4) is 0 Å². The van der Waals surface area contributed by atoms with Crippen molar-refractivity contribution in [3.63, 3.8) is 0 Å². The fourth-order valence-electron chi connectivity index (χ4n) is 2.35. The summed E-state index contributed by atoms with van der Waals surface area (Å²) in [5, 5.41) is 18.1. The third kappa shape index (κ3) is 3.59. The summed E-state index contributed by atoms with van der Waals surface area (Å²) in [6.45, 7) is 0.443. The number of aliphatic hydroxyl groups excluding tert-OH is 1. The second-order valence-electron chi connectivity index (χ2n) is 5.66. The van der Waals surface area contributed by atoms with E-state index in [1.807, 2.05) is 0 Å². The summed E-state index contributed by atoms with van der Waals surface area (Å²) in [7, 11) is 0. The van der Waals surface area contributed by atoms with Crippen LogP contribution < -0.4 is 16.0 Å². The molecule has 1 heterocycles. The van der Waals surface area contributed by atoms with Crippen molar-refractivity contribution in [2.24, 2.45) is 0 Å². The van der Waals surface area contributed by atoms with Crippen molar-refractivity contribution in [3.05, 3.63) is 29.8 Å². The van der Waals surface area contributed by atoms with E-state index in [0.29, 0.717) is 30.3 Å². The molecule has 1 saturated heterocycles. The topological polar surface area (TPSA) is 90.5 Å². The highest BCUT2D eigenvalue weighted by Gasteiger charge is 2.28. The Balaban J connectivity index is 1.56. The Morgan fingerprint density at radius 3 is 2.48 bits per heavy atom. The molecule has 2 aliphatic rings. The van der Waals surface area contributed by atoms with E-state index in [2.05, 4.69) is 16.0 Å². The summed E-state index contributed by atoms with van der Waals surface area (Å²) in [6, 6.07) is 6.79. The predicted molar refractivity (Wildman–Crippen MR) is 78.0 cm³/mol. The van der Waals surface area contributed by atoms with Gasteiger partial charge in [-0.3, -0.25) is 9.59 Å². The number of carbonyl (C=O) groups excluding carboxylic acids is 2. The lowest BCUT2D eigenvalue weighted by Gasteiger charge is -2.11. The average Bonchev–Trinajstić information content (AvgIpc) is 3.17. The third-order valence-electron chi connectivity index (χ3n) is 3.75. The molecule has 0 bridgehead atoms. The van der Waals surface area contributed by atoms with Gasteiger partial charge in [-0.15, -0.1) is 0 Å². The standard InChI is InChI=1S/C15H19N3O3/c19-12-7-13(16-8-12)15(21)18-10-3-1-9(2-4-10)14(20)17-11-5-6-11/h1-4,11-13,16,19H,5-8H2,(H,17,20)(H,18,21). The number of aliphatic hydroxyl groups is 1. The lowest BCUT2D eigenvalue weighted by atomic mass is 10.1. The molecular weight excluding hydrogens is 270 g/mol. The van der Waals surface area contributed by atoms with Gasteiger partial charge in [0.2, 0.25) is 5.91 Å². The fraction of sp³-hybridized carbons (Fsp3) is 0.467. The first-order valence-electron chi connectivity index (χ1n) is 7.25. The Labute approximate surface area is 122 Å². The molecule has 3 rings (SSSR count). The van der Waals surface area contributed by atoms with E-state index in [4.69, 9.17) is 0 Å². The highest BCUT2D eigenvalue weighted by atomic mass is 16.3. The van der Waals surface area contributed by atoms with Gasteiger partial charge in [-0.05, 0) is 43.5 Å². The molecule has 1 saturated carbocycles. The molecular formula is C15H19N3O3. The molecule has 2 unspecified atom stereocenters. The summed E-state index contributed by atoms with van der Waals surface area (Å²) in [6.07, 6.45) is 2.07. The van der Waals surface area contributed by atoms with Crippen LogP contribution in [0.25, 0.3) is 0 Å². The molecule has 21 heavy (non-hydrogen) atoms. The van der Waals surface area contributed by atoms with Gasteiger partial charge in [-0.25, -0.2) is 0 Å². The van der Waals surface area contributed by atoms with Crippen molar-refractivity contribution in [1.29, 1.82) is 0 Å². The van der Waals surface area contributed by atoms with E-state index in [9.17, 15) is 14.7 Å². The van der Waals surface area contributed by atoms with Crippen LogP contribution in [0.1, 0.15) is 29.6 Å². The zero-order chi connectivity index (χ0) is 14.8. The van der Waals surface area contributed by atoms with Gasteiger partial charge in [0.25, 0.3) is 5.91 Å². The van der Waals surface area contributed by atoms with Crippen LogP contribution in [0.4, 0.5) is 5.69 Å². The van der Waals surface area contributed by atoms with Crippen molar-refractivity contribution in [2.75, 3.05) is 11.9 Å². The molecule has 6 heteroatoms. The first-order chi connectivity index (χ1) is 10.1. The zero-order valence-corrected chi connectivity index (χ0v) is 11.6. The Hall–Kier alpha value is -1.92. The first-order valence-corrected chi connectivity index (χ1v) is 7.25. The minimum absolute atomic E-state index is 0.0732. The Kier molecular flexibility index (Phi) is 3.90. The molecule has 4 N–H and O–H groups in total. The predicted octanol–water partition coefficient (Wildman–Crippen LogP) is 0.240. The third-order valence-corrected chi connectivity index (χ3v) is 3.75. The molecule has 1 aliphatic carbocycles. The van der Waals surface area contributed by atoms with Gasteiger partial charge >= 0.3 is 0 Å². The van der Waals surface area contributed by atoms with Gasteiger partial charge in [0.15, 0.2) is 0 Å². The molecule has 1 aliphatic heterocycles. The minimum Gasteiger partial charge on any atom is -0.392 e. The lowest BCUT2D eigenvalue weighted by molar-refractivity contribution is -0.117. The fourth-order valence-corrected chi connectivity index (χ4v) is 2.35. The van der Waals surface area contributed by atoms with Gasteiger partial charge in [0, 0.05) is 23.8 Å². The van der Waals surface area contributed by atoms with Crippen molar-refractivity contribution < 1.29 is 14.7 Å². The monoisotopic (exact) mass is 289 g/mol. The average molecular weight is 289 g/mol. The summed E-state index contributed by atoms with van der Waals surface area (Å²) >= 11 is 0. The first kappa shape index (κ1) is 14.0. The summed E-state index contributed by atoms with van der Waals surface area (Å²) in [5.41, 5.74) is 1.24. The van der Waals surface area contributed by atoms with Gasteiger partial charge in [0.1, 0.15) is 0 Å². The second kappa shape index (κ2) is 5.83. The van der Waals surface area contributed by atoms with E-state index in [1.165, 1.54) is 0 Å². The molecule has 0 aromatic heterocycles. The largest absolute Gasteiger partial charge is 0.392 e. The molecule has 0 radical (unpaired) electrons. The van der Waals surface area contributed by atoms with Crippen LogP contribution >= 0.6 is 0 Å². The quantitative estimate of drug-likeness (QED) is 0.639. The van der Waals surface area contributed by atoms with Crippen LogP contribution in [-0.2, 0) is 4.79 Å². The molecule has 2 amide bonds. The van der Waals surface area contributed by atoms with Crippen molar-refractivity contribution in [1.82, 2.24) is 10.6 Å². The lowest BCUT2D eigenvalue weighted by Crippen LogP contribution is -2.35. The van der Waals surface area contributed by atoms with E-state index in [-0.39, 0.29) is 17.9 Å². The highest BCUT2D eigenvalue weighted by Crippen LogP contribution is 2.20. The highest BCUT2D eigenvalue weighted by molar-refractivity contribution is 5.97. The SMILES string of the molecule is O=C(NC1CC1)c1ccc(NC(=O)C2CC(O)CN2)cc1. The van der Waals surface area contributed by atoms with Gasteiger partial charge in [0.05, 0.1) is 12.1 Å². The normalized spacial score (nSPS) is 24.6. The minimum atomic E-state index is -0.464. The molecule has 2 atom stereocenters. The molecule has 112 valence electrons. The van der Waals surface area contributed by atoms with E-state index in [1.54, 1.807) is 24.3 Å². The summed E-state index contributed by atoms with van der Waals surface area (Å²) in [5.74, 6) is -0.238. The Bertz CT molecular complexity index is 540. The van der Waals surface area contributed by atoms with Gasteiger partial charge < -0.3 is 21.1 Å². The summed E-state index contributed by atoms with van der Waals surface area (Å²) in [4.78, 5) is 23.8. The number of carbonyl (C=O) groups is 2. The van der Waals surface area contributed by atoms with Crippen molar-refractivity contribution >= 4 is 17.5 Å². The molecule has 1 aromatic rings. The number of rotatable bonds is 4. The van der Waals surface area contributed by atoms with Gasteiger partial charge in [-0.2, -0.15) is 0 Å². The van der Waals surface area contributed by atoms with E-state index < -0.39 is 6.10 Å².